The summed E-state index contributed by atoms with van der Waals surface area (Å²) < 4.78 is 9.55. The van der Waals surface area contributed by atoms with Gasteiger partial charge >= 0.3 is 12.2 Å². The van der Waals surface area contributed by atoms with E-state index in [4.69, 9.17) is 31.0 Å². The number of aromatic nitrogens is 4. The Morgan fingerprint density at radius 2 is 1.14 bits per heavy atom. The number of halogens is 1. The van der Waals surface area contributed by atoms with Gasteiger partial charge in [-0.05, 0) is 53.2 Å². The lowest BCUT2D eigenvalue weighted by Gasteiger charge is -2.30. The number of imidazole rings is 2. The van der Waals surface area contributed by atoms with Crippen LogP contribution < -0.4 is 10.6 Å². The Morgan fingerprint density at radius 1 is 0.702 bits per heavy atom. The highest BCUT2D eigenvalue weighted by Crippen LogP contribution is 2.39. The van der Waals surface area contributed by atoms with E-state index in [1.54, 1.807) is 11.1 Å². The molecule has 15 heteroatoms. The van der Waals surface area contributed by atoms with Gasteiger partial charge in [-0.2, -0.15) is 0 Å². The van der Waals surface area contributed by atoms with Gasteiger partial charge in [0.05, 0.1) is 38.2 Å². The molecule has 304 valence electrons. The highest BCUT2D eigenvalue weighted by molar-refractivity contribution is 6.31. The Labute approximate surface area is 338 Å². The molecule has 2 aliphatic heterocycles. The number of nitrogens with one attached hydrogen (secondary N) is 4. The molecule has 6 rings (SSSR count). The van der Waals surface area contributed by atoms with Crippen molar-refractivity contribution in [1.82, 2.24) is 40.4 Å². The van der Waals surface area contributed by atoms with Crippen LogP contribution in [0.2, 0.25) is 5.15 Å². The number of likely N-dealkylation sites (tertiary alicyclic amines) is 2. The SMILES string of the molecule is COC(=O)NC(C(=O)N1CC(C)CC1c1ncc(-c2ccc(-c3ccc(-c4nc(C5CC(C)CN5C(=O)C(NC(=O)OC)C(C)C)[nH]c4Cl)cc3)cc2)[nH]1)C(C)C. The summed E-state index contributed by atoms with van der Waals surface area (Å²) in [7, 11) is 2.57. The van der Waals surface area contributed by atoms with Crippen molar-refractivity contribution in [3.05, 3.63) is 71.5 Å². The number of hydrogen-bond acceptors (Lipinski definition) is 8. The van der Waals surface area contributed by atoms with E-state index in [9.17, 15) is 19.2 Å². The lowest BCUT2D eigenvalue weighted by atomic mass is 10.0. The van der Waals surface area contributed by atoms with Crippen LogP contribution in [0.25, 0.3) is 33.6 Å². The van der Waals surface area contributed by atoms with Gasteiger partial charge in [-0.3, -0.25) is 9.59 Å². The van der Waals surface area contributed by atoms with Crippen LogP contribution in [-0.4, -0.2) is 93.1 Å². The molecule has 4 amide bonds. The first-order chi connectivity index (χ1) is 27.2. The van der Waals surface area contributed by atoms with E-state index < -0.39 is 24.3 Å². The average Bonchev–Trinajstić information content (AvgIpc) is 4.01. The fourth-order valence-corrected chi connectivity index (χ4v) is 8.14. The average molecular weight is 801 g/mol. The molecule has 14 nitrogen and oxygen atoms in total. The van der Waals surface area contributed by atoms with Crippen molar-refractivity contribution >= 4 is 35.6 Å². The van der Waals surface area contributed by atoms with Crippen molar-refractivity contribution in [2.24, 2.45) is 23.7 Å². The third-order valence-electron chi connectivity index (χ3n) is 11.0. The second-order valence-corrected chi connectivity index (χ2v) is 16.4. The van der Waals surface area contributed by atoms with E-state index in [-0.39, 0.29) is 47.6 Å². The number of rotatable bonds is 11. The molecule has 0 aliphatic carbocycles. The van der Waals surface area contributed by atoms with Crippen molar-refractivity contribution in [3.8, 4) is 33.6 Å². The molecule has 0 spiro atoms. The predicted molar refractivity (Wildman–Crippen MR) is 217 cm³/mol. The summed E-state index contributed by atoms with van der Waals surface area (Å²) in [5.41, 5.74) is 5.26. The van der Waals surface area contributed by atoms with Crippen LogP contribution in [0.1, 0.15) is 78.1 Å². The number of carbonyl (C=O) groups is 4. The zero-order chi connectivity index (χ0) is 41.1. The lowest BCUT2D eigenvalue weighted by molar-refractivity contribution is -0.136. The summed E-state index contributed by atoms with van der Waals surface area (Å²) in [6.45, 7) is 12.9. The largest absolute Gasteiger partial charge is 0.453 e. The molecule has 4 heterocycles. The van der Waals surface area contributed by atoms with Crippen molar-refractivity contribution in [2.45, 2.75) is 78.6 Å². The Balaban J connectivity index is 1.15. The van der Waals surface area contributed by atoms with Crippen molar-refractivity contribution < 1.29 is 28.7 Å². The summed E-state index contributed by atoms with van der Waals surface area (Å²) in [5.74, 6) is 1.22. The molecule has 0 radical (unpaired) electrons. The minimum atomic E-state index is -0.736. The molecule has 4 aromatic rings. The van der Waals surface area contributed by atoms with E-state index in [0.29, 0.717) is 42.0 Å². The zero-order valence-electron chi connectivity index (χ0n) is 33.8. The summed E-state index contributed by atoms with van der Waals surface area (Å²) >= 11 is 6.74. The highest BCUT2D eigenvalue weighted by Gasteiger charge is 2.42. The number of H-pyrrole nitrogens is 2. The third kappa shape index (κ3) is 8.96. The third-order valence-corrected chi connectivity index (χ3v) is 11.2. The number of methoxy groups -OCH3 is 2. The number of alkyl carbamates (subject to hydrolysis) is 2. The van der Waals surface area contributed by atoms with Gasteiger partial charge < -0.3 is 39.9 Å². The molecule has 0 saturated carbocycles. The number of nitrogens with zero attached hydrogens (tertiary/aromatic N) is 4. The fourth-order valence-electron chi connectivity index (χ4n) is 7.89. The highest BCUT2D eigenvalue weighted by atomic mass is 35.5. The first-order valence-corrected chi connectivity index (χ1v) is 19.9. The first kappa shape index (κ1) is 41.3. The van der Waals surface area contributed by atoms with Crippen LogP contribution in [-0.2, 0) is 19.1 Å². The minimum Gasteiger partial charge on any atom is -0.453 e. The van der Waals surface area contributed by atoms with Gasteiger partial charge in [0.2, 0.25) is 11.8 Å². The van der Waals surface area contributed by atoms with Gasteiger partial charge in [0, 0.05) is 18.7 Å². The molecule has 6 atom stereocenters. The second kappa shape index (κ2) is 17.4. The van der Waals surface area contributed by atoms with E-state index in [2.05, 4.69) is 46.6 Å². The van der Waals surface area contributed by atoms with E-state index in [0.717, 1.165) is 34.4 Å². The van der Waals surface area contributed by atoms with Crippen LogP contribution >= 0.6 is 11.6 Å². The number of hydrogen-bond donors (Lipinski definition) is 4. The van der Waals surface area contributed by atoms with E-state index in [1.807, 2.05) is 69.0 Å². The lowest BCUT2D eigenvalue weighted by Crippen LogP contribution is -2.51. The minimum absolute atomic E-state index is 0.121. The summed E-state index contributed by atoms with van der Waals surface area (Å²) in [5, 5.41) is 5.78. The Hall–Kier alpha value is -5.37. The molecular formula is C42H53ClN8O6. The van der Waals surface area contributed by atoms with Gasteiger partial charge in [-0.25, -0.2) is 19.6 Å². The monoisotopic (exact) mass is 800 g/mol. The second-order valence-electron chi connectivity index (χ2n) is 16.0. The number of amides is 4. The van der Waals surface area contributed by atoms with E-state index in [1.165, 1.54) is 14.2 Å². The first-order valence-electron chi connectivity index (χ1n) is 19.5. The molecular weight excluding hydrogens is 748 g/mol. The number of ether oxygens (including phenoxy) is 2. The zero-order valence-corrected chi connectivity index (χ0v) is 34.5. The predicted octanol–water partition coefficient (Wildman–Crippen LogP) is 7.37. The van der Waals surface area contributed by atoms with Crippen LogP contribution in [0, 0.1) is 23.7 Å². The normalized spacial score (nSPS) is 20.5. The summed E-state index contributed by atoms with van der Waals surface area (Å²) in [4.78, 5) is 71.3. The maximum absolute atomic E-state index is 13.7. The van der Waals surface area contributed by atoms with Gasteiger partial charge in [-0.15, -0.1) is 0 Å². The fraction of sp³-hybridized carbons (Fsp3) is 0.476. The molecule has 2 aromatic heterocycles. The Kier molecular flexibility index (Phi) is 12.6. The molecule has 2 aliphatic rings. The molecule has 57 heavy (non-hydrogen) atoms. The smallest absolute Gasteiger partial charge is 0.407 e. The van der Waals surface area contributed by atoms with Gasteiger partial charge in [0.1, 0.15) is 34.6 Å². The topological polar surface area (TPSA) is 175 Å². The number of carbonyl (C=O) groups excluding carboxylic acids is 4. The van der Waals surface area contributed by atoms with Crippen LogP contribution in [0.4, 0.5) is 9.59 Å². The molecule has 2 fully saturated rings. The molecule has 0 bridgehead atoms. The molecule has 2 saturated heterocycles. The standard InChI is InChI=1S/C42H53ClN8O6/c1-22(2)33(47-41(54)56-7)39(52)50-20-24(5)17-31(50)37-44-19-30(45-37)28-13-9-26(10-14-28)27-11-15-29(16-12-27)35-36(43)49-38(46-35)32-18-25(6)21-51(32)40(53)34(23(3)4)48-42(55)57-8/h9-16,19,22-25,31-34H,17-18,20-21H2,1-8H3,(H,44,45)(H,46,49)(H,47,54)(H,48,55). The Bertz CT molecular complexity index is 2060. The van der Waals surface area contributed by atoms with Crippen molar-refractivity contribution in [1.29, 1.82) is 0 Å². The quantitative estimate of drug-likeness (QED) is 0.122. The molecule has 2 aromatic carbocycles. The maximum atomic E-state index is 13.7. The summed E-state index contributed by atoms with van der Waals surface area (Å²) in [6.07, 6.45) is 1.98. The van der Waals surface area contributed by atoms with Crippen molar-refractivity contribution in [3.63, 3.8) is 0 Å². The van der Waals surface area contributed by atoms with Gasteiger partial charge in [0.15, 0.2) is 0 Å². The Morgan fingerprint density at radius 3 is 1.60 bits per heavy atom. The van der Waals surface area contributed by atoms with Crippen molar-refractivity contribution in [2.75, 3.05) is 27.3 Å². The summed E-state index contributed by atoms with van der Waals surface area (Å²) in [6, 6.07) is 14.2. The number of benzene rings is 2. The van der Waals surface area contributed by atoms with Crippen LogP contribution in [0.5, 0.6) is 0 Å². The molecule has 4 N–H and O–H groups in total. The molecule has 6 unspecified atom stereocenters. The van der Waals surface area contributed by atoms with Gasteiger partial charge in [0.25, 0.3) is 0 Å². The van der Waals surface area contributed by atoms with Crippen LogP contribution in [0.3, 0.4) is 0 Å². The maximum Gasteiger partial charge on any atom is 0.407 e. The van der Waals surface area contributed by atoms with E-state index >= 15 is 0 Å². The van der Waals surface area contributed by atoms with Crippen LogP contribution in [0.15, 0.2) is 54.7 Å². The number of aromatic amines is 2. The van der Waals surface area contributed by atoms with Gasteiger partial charge in [-0.1, -0.05) is 102 Å².